The Kier molecular flexibility index (Phi) is 43.1. The van der Waals surface area contributed by atoms with Gasteiger partial charge in [-0.15, -0.1) is 0 Å². The van der Waals surface area contributed by atoms with Crippen LogP contribution in [-0.4, -0.2) is 54.3 Å². The van der Waals surface area contributed by atoms with E-state index in [1.54, 1.807) is 0 Å². The minimum atomic E-state index is -4.44. The number of carbonyl (C=O) groups excluding carboxylic acids is 2. The molecule has 342 valence electrons. The number of amides is 1. The average molecular weight is 858 g/mol. The molecule has 0 aromatic carbocycles. The fourth-order valence-electron chi connectivity index (χ4n) is 5.77. The second-order valence-electron chi connectivity index (χ2n) is 15.0. The van der Waals surface area contributed by atoms with Crippen LogP contribution in [0.5, 0.6) is 0 Å². The van der Waals surface area contributed by atoms with E-state index in [0.29, 0.717) is 6.42 Å². The summed E-state index contributed by atoms with van der Waals surface area (Å²) in [6, 6.07) is 0. The Bertz CT molecular complexity index is 1300. The molecule has 0 fully saturated rings. The summed E-state index contributed by atoms with van der Waals surface area (Å²) in [5, 5.41) is 12.7. The van der Waals surface area contributed by atoms with Crippen LogP contribution in [-0.2, 0) is 27.9 Å². The van der Waals surface area contributed by atoms with Crippen LogP contribution in [0.15, 0.2) is 97.2 Å². The van der Waals surface area contributed by atoms with Gasteiger partial charge in [-0.1, -0.05) is 162 Å². The molecule has 3 N–H and O–H groups in total. The summed E-state index contributed by atoms with van der Waals surface area (Å²) in [5.41, 5.74) is 0. The predicted octanol–water partition coefficient (Wildman–Crippen LogP) is 13.4. The lowest BCUT2D eigenvalue weighted by atomic mass is 10.1. The second-order valence-corrected chi connectivity index (χ2v) is 16.4. The number of unbranched alkanes of at least 4 members (excludes halogenated alkanes) is 13. The van der Waals surface area contributed by atoms with E-state index in [2.05, 4.69) is 116 Å². The van der Waals surface area contributed by atoms with Gasteiger partial charge >= 0.3 is 13.8 Å². The molecular weight excluding hydrogens is 774 g/mol. The summed E-state index contributed by atoms with van der Waals surface area (Å²) in [6.45, 7) is 3.34. The Morgan fingerprint density at radius 1 is 0.533 bits per heavy atom. The third-order valence-electron chi connectivity index (χ3n) is 9.25. The third kappa shape index (κ3) is 46.0. The molecule has 0 aliphatic heterocycles. The highest BCUT2D eigenvalue weighted by Gasteiger charge is 2.23. The van der Waals surface area contributed by atoms with Crippen LogP contribution in [0.2, 0.25) is 0 Å². The van der Waals surface area contributed by atoms with Crippen molar-refractivity contribution in [3.8, 4) is 0 Å². The number of esters is 1. The normalized spacial score (nSPS) is 14.1. The molecule has 1 amide bonds. The lowest BCUT2D eigenvalue weighted by Crippen LogP contribution is -2.27. The first kappa shape index (κ1) is 56.9. The zero-order valence-corrected chi connectivity index (χ0v) is 38.5. The van der Waals surface area contributed by atoms with Crippen LogP contribution in [0.4, 0.5) is 0 Å². The number of ether oxygens (including phenoxy) is 1. The molecule has 0 aliphatic carbocycles. The van der Waals surface area contributed by atoms with Crippen molar-refractivity contribution in [2.75, 3.05) is 26.4 Å². The standard InChI is InChI=1S/C50H84NO8P/c1-3-5-7-9-11-13-15-17-19-21-23-24-25-26-28-30-32-34-36-38-40-42-49(53)51-44-45-58-60(55,56)59-47-48(52)46-57-50(54)43-41-39-37-35-33-31-29-27-22-20-18-16-14-12-10-8-6-4-2/h5,7,11,13-14,16-17,19-20,22-24,26,28,32,34,48,52H,3-4,6,8-10,12,15,18,21,25,27,29-31,33,35-47H2,1-2H3,(H,51,53)(H,55,56)/b7-5-,13-11-,16-14-,19-17-,22-20-,24-23-,28-26-,34-32-. The van der Waals surface area contributed by atoms with Crippen molar-refractivity contribution in [1.82, 2.24) is 5.32 Å². The van der Waals surface area contributed by atoms with Crippen molar-refractivity contribution >= 4 is 19.7 Å². The molecule has 0 aromatic rings. The van der Waals surface area contributed by atoms with Gasteiger partial charge in [0.1, 0.15) is 12.7 Å². The van der Waals surface area contributed by atoms with Gasteiger partial charge < -0.3 is 20.1 Å². The van der Waals surface area contributed by atoms with E-state index in [0.717, 1.165) is 96.3 Å². The SMILES string of the molecule is CC/C=C\C/C=C\C/C=C\C/C=C\C/C=C\C/C=C\CCCCC(=O)NCCOP(=O)(O)OCC(O)COC(=O)CCCCCCCCC/C=C\C/C=C\CCCCCC. The van der Waals surface area contributed by atoms with Crippen LogP contribution in [0, 0.1) is 0 Å². The molecule has 0 saturated carbocycles. The topological polar surface area (TPSA) is 131 Å². The number of phosphoric acid groups is 1. The highest BCUT2D eigenvalue weighted by Crippen LogP contribution is 2.42. The number of phosphoric ester groups is 1. The molecule has 0 aliphatic rings. The Balaban J connectivity index is 3.70. The molecule has 0 rings (SSSR count). The monoisotopic (exact) mass is 858 g/mol. The molecule has 9 nitrogen and oxygen atoms in total. The van der Waals surface area contributed by atoms with Gasteiger partial charge in [0.25, 0.3) is 0 Å². The van der Waals surface area contributed by atoms with E-state index in [1.165, 1.54) is 51.4 Å². The molecule has 0 radical (unpaired) electrons. The van der Waals surface area contributed by atoms with Crippen molar-refractivity contribution in [3.05, 3.63) is 97.2 Å². The Morgan fingerprint density at radius 2 is 0.950 bits per heavy atom. The Morgan fingerprint density at radius 3 is 1.45 bits per heavy atom. The maximum Gasteiger partial charge on any atom is 0.472 e. The van der Waals surface area contributed by atoms with E-state index in [-0.39, 0.29) is 32.1 Å². The minimum absolute atomic E-state index is 0.0509. The molecule has 0 saturated heterocycles. The number of carbonyl (C=O) groups is 2. The summed E-state index contributed by atoms with van der Waals surface area (Å²) >= 11 is 0. The molecular formula is C50H84NO8P. The van der Waals surface area contributed by atoms with E-state index in [1.807, 2.05) is 0 Å². The van der Waals surface area contributed by atoms with Crippen molar-refractivity contribution in [1.29, 1.82) is 0 Å². The van der Waals surface area contributed by atoms with Gasteiger partial charge in [0, 0.05) is 19.4 Å². The zero-order chi connectivity index (χ0) is 43.9. The number of rotatable bonds is 42. The first-order valence-electron chi connectivity index (χ1n) is 23.2. The number of aliphatic hydroxyl groups excluding tert-OH is 1. The van der Waals surface area contributed by atoms with Crippen molar-refractivity contribution in [3.63, 3.8) is 0 Å². The van der Waals surface area contributed by atoms with E-state index in [9.17, 15) is 24.2 Å². The van der Waals surface area contributed by atoms with Crippen LogP contribution in [0.3, 0.4) is 0 Å². The number of hydrogen-bond acceptors (Lipinski definition) is 7. The van der Waals surface area contributed by atoms with Gasteiger partial charge in [-0.3, -0.25) is 18.6 Å². The van der Waals surface area contributed by atoms with Crippen LogP contribution in [0.25, 0.3) is 0 Å². The zero-order valence-electron chi connectivity index (χ0n) is 37.6. The molecule has 10 heteroatoms. The average Bonchev–Trinajstić information content (AvgIpc) is 3.23. The largest absolute Gasteiger partial charge is 0.472 e. The molecule has 2 atom stereocenters. The maximum atomic E-state index is 12.1. The van der Waals surface area contributed by atoms with Crippen LogP contribution in [0.1, 0.15) is 174 Å². The summed E-state index contributed by atoms with van der Waals surface area (Å²) < 4.78 is 26.9. The molecule has 0 spiro atoms. The number of allylic oxidation sites excluding steroid dienone is 16. The smallest absolute Gasteiger partial charge is 0.463 e. The predicted molar refractivity (Wildman–Crippen MR) is 252 cm³/mol. The van der Waals surface area contributed by atoms with Gasteiger partial charge in [0.2, 0.25) is 5.91 Å². The summed E-state index contributed by atoms with van der Waals surface area (Å²) in [6.07, 6.45) is 59.1. The first-order chi connectivity index (χ1) is 29.3. The fourth-order valence-corrected chi connectivity index (χ4v) is 6.52. The van der Waals surface area contributed by atoms with Gasteiger partial charge in [-0.05, 0) is 96.3 Å². The van der Waals surface area contributed by atoms with Crippen molar-refractivity contribution < 1.29 is 37.9 Å². The van der Waals surface area contributed by atoms with Gasteiger partial charge in [-0.2, -0.15) is 0 Å². The number of aliphatic hydroxyl groups is 1. The summed E-state index contributed by atoms with van der Waals surface area (Å²) in [4.78, 5) is 34.0. The van der Waals surface area contributed by atoms with Crippen LogP contribution < -0.4 is 5.32 Å². The Hall–Kier alpha value is -3.07. The maximum absolute atomic E-state index is 12.1. The van der Waals surface area contributed by atoms with E-state index in [4.69, 9.17) is 13.8 Å². The molecule has 60 heavy (non-hydrogen) atoms. The highest BCUT2D eigenvalue weighted by molar-refractivity contribution is 7.47. The van der Waals surface area contributed by atoms with E-state index < -0.39 is 26.5 Å². The van der Waals surface area contributed by atoms with Crippen LogP contribution >= 0.6 is 7.82 Å². The third-order valence-corrected chi connectivity index (χ3v) is 10.2. The molecule has 0 aromatic heterocycles. The lowest BCUT2D eigenvalue weighted by Gasteiger charge is -2.15. The molecule has 2 unspecified atom stereocenters. The van der Waals surface area contributed by atoms with E-state index >= 15 is 0 Å². The minimum Gasteiger partial charge on any atom is -0.463 e. The quantitative estimate of drug-likeness (QED) is 0.0239. The van der Waals surface area contributed by atoms with Crippen molar-refractivity contribution in [2.24, 2.45) is 0 Å². The van der Waals surface area contributed by atoms with Gasteiger partial charge in [-0.25, -0.2) is 4.57 Å². The van der Waals surface area contributed by atoms with Gasteiger partial charge in [0.05, 0.1) is 13.2 Å². The summed E-state index contributed by atoms with van der Waals surface area (Å²) in [7, 11) is -4.44. The Labute approximate surface area is 365 Å². The second kappa shape index (κ2) is 45.5. The summed E-state index contributed by atoms with van der Waals surface area (Å²) in [5.74, 6) is -0.575. The molecule has 0 heterocycles. The highest BCUT2D eigenvalue weighted by atomic mass is 31.2. The first-order valence-corrected chi connectivity index (χ1v) is 24.7. The number of hydrogen-bond donors (Lipinski definition) is 3. The van der Waals surface area contributed by atoms with Crippen molar-refractivity contribution in [2.45, 2.75) is 180 Å². The molecule has 0 bridgehead atoms. The lowest BCUT2D eigenvalue weighted by molar-refractivity contribution is -0.147. The fraction of sp³-hybridized carbons (Fsp3) is 0.640. The van der Waals surface area contributed by atoms with Gasteiger partial charge in [0.15, 0.2) is 0 Å². The number of nitrogens with one attached hydrogen (secondary N) is 1.